The summed E-state index contributed by atoms with van der Waals surface area (Å²) in [5.41, 5.74) is 4.29. The van der Waals surface area contributed by atoms with Crippen LogP contribution in [0.4, 0.5) is 21.7 Å². The minimum atomic E-state index is -0.618. The summed E-state index contributed by atoms with van der Waals surface area (Å²) >= 11 is 0. The molecule has 11 nitrogen and oxygen atoms in total. The Bertz CT molecular complexity index is 1540. The maximum atomic E-state index is 15.2. The molecular formula is C26H26FN7O4. The van der Waals surface area contributed by atoms with E-state index in [4.69, 9.17) is 9.90 Å². The Balaban J connectivity index is 0.000000937. The van der Waals surface area contributed by atoms with Crippen LogP contribution >= 0.6 is 0 Å². The number of nitrogens with one attached hydrogen (secondary N) is 3. The predicted molar refractivity (Wildman–Crippen MR) is 139 cm³/mol. The van der Waals surface area contributed by atoms with E-state index in [0.29, 0.717) is 59.8 Å². The van der Waals surface area contributed by atoms with Crippen LogP contribution in [0.25, 0.3) is 21.9 Å². The molecule has 12 heteroatoms. The maximum Gasteiger partial charge on any atom is 0.290 e. The van der Waals surface area contributed by atoms with Gasteiger partial charge < -0.3 is 26.2 Å². The highest BCUT2D eigenvalue weighted by molar-refractivity contribution is 5.90. The molecule has 0 unspecified atom stereocenters. The van der Waals surface area contributed by atoms with Gasteiger partial charge in [0, 0.05) is 60.2 Å². The van der Waals surface area contributed by atoms with Crippen molar-refractivity contribution in [1.29, 1.82) is 0 Å². The highest BCUT2D eigenvalue weighted by Crippen LogP contribution is 2.38. The molecule has 2 aliphatic heterocycles. The number of rotatable bonds is 3. The Morgan fingerprint density at radius 2 is 1.89 bits per heavy atom. The van der Waals surface area contributed by atoms with E-state index in [-0.39, 0.29) is 24.7 Å². The van der Waals surface area contributed by atoms with Gasteiger partial charge in [0.05, 0.1) is 17.5 Å². The van der Waals surface area contributed by atoms with Crippen molar-refractivity contribution in [1.82, 2.24) is 25.1 Å². The van der Waals surface area contributed by atoms with Crippen LogP contribution in [0.2, 0.25) is 0 Å². The molecule has 5 heterocycles. The van der Waals surface area contributed by atoms with E-state index < -0.39 is 6.10 Å². The average Bonchev–Trinajstić information content (AvgIpc) is 3.16. The van der Waals surface area contributed by atoms with Crippen molar-refractivity contribution in [2.75, 3.05) is 23.7 Å². The number of carbonyl (C=O) groups excluding carboxylic acids is 1. The number of carbonyl (C=O) groups is 2. The number of fused-ring (bicyclic) bond motifs is 3. The van der Waals surface area contributed by atoms with Crippen molar-refractivity contribution < 1.29 is 24.2 Å². The van der Waals surface area contributed by atoms with Gasteiger partial charge in [0.15, 0.2) is 5.82 Å². The highest BCUT2D eigenvalue weighted by atomic mass is 19.1. The van der Waals surface area contributed by atoms with Gasteiger partial charge in [-0.15, -0.1) is 0 Å². The smallest absolute Gasteiger partial charge is 0.290 e. The fourth-order valence-corrected chi connectivity index (χ4v) is 4.79. The lowest BCUT2D eigenvalue weighted by molar-refractivity contribution is -0.123. The number of amides is 1. The van der Waals surface area contributed by atoms with Crippen LogP contribution in [0, 0.1) is 12.7 Å². The van der Waals surface area contributed by atoms with E-state index in [9.17, 15) is 9.90 Å². The van der Waals surface area contributed by atoms with E-state index >= 15 is 4.39 Å². The van der Waals surface area contributed by atoms with Gasteiger partial charge in [0.2, 0.25) is 5.91 Å². The molecule has 0 fully saturated rings. The van der Waals surface area contributed by atoms with Crippen molar-refractivity contribution in [2.24, 2.45) is 0 Å². The fraction of sp³-hybridized carbons (Fsp3) is 0.269. The molecule has 1 amide bonds. The largest absolute Gasteiger partial charge is 0.483 e. The Hall–Kier alpha value is -4.58. The van der Waals surface area contributed by atoms with Crippen LogP contribution in [0.1, 0.15) is 29.5 Å². The number of hydrogen-bond donors (Lipinski definition) is 5. The highest BCUT2D eigenvalue weighted by Gasteiger charge is 2.23. The van der Waals surface area contributed by atoms with E-state index in [1.54, 1.807) is 23.1 Å². The maximum absolute atomic E-state index is 15.2. The van der Waals surface area contributed by atoms with Crippen molar-refractivity contribution in [3.63, 3.8) is 0 Å². The number of nitrogens with zero attached hydrogens (tertiary/aromatic N) is 4. The van der Waals surface area contributed by atoms with Crippen LogP contribution in [0.15, 0.2) is 36.7 Å². The average molecular weight is 520 g/mol. The Kier molecular flexibility index (Phi) is 6.88. The molecule has 38 heavy (non-hydrogen) atoms. The summed E-state index contributed by atoms with van der Waals surface area (Å²) in [6.45, 7) is 3.07. The second kappa shape index (κ2) is 10.4. The lowest BCUT2D eigenvalue weighted by Gasteiger charge is -2.25. The van der Waals surface area contributed by atoms with Gasteiger partial charge in [-0.05, 0) is 42.5 Å². The van der Waals surface area contributed by atoms with Crippen LogP contribution < -0.4 is 16.0 Å². The summed E-state index contributed by atoms with van der Waals surface area (Å²) in [6.07, 6.45) is 3.93. The van der Waals surface area contributed by atoms with Crippen molar-refractivity contribution in [3.8, 4) is 11.1 Å². The first-order valence-corrected chi connectivity index (χ1v) is 12.1. The molecule has 1 atom stereocenters. The molecule has 4 aromatic rings. The summed E-state index contributed by atoms with van der Waals surface area (Å²) in [5.74, 6) is 0.742. The van der Waals surface area contributed by atoms with Gasteiger partial charge in [-0.3, -0.25) is 19.3 Å². The number of benzene rings is 1. The minimum Gasteiger partial charge on any atom is -0.483 e. The number of aliphatic hydroxyl groups is 1. The van der Waals surface area contributed by atoms with E-state index in [2.05, 4.69) is 31.0 Å². The third-order valence-corrected chi connectivity index (χ3v) is 6.62. The van der Waals surface area contributed by atoms with Crippen molar-refractivity contribution >= 4 is 40.5 Å². The summed E-state index contributed by atoms with van der Waals surface area (Å²) in [6, 6.07) is 7.02. The third-order valence-electron chi connectivity index (χ3n) is 6.62. The molecular weight excluding hydrogens is 493 g/mol. The quantitative estimate of drug-likeness (QED) is 0.257. The first kappa shape index (κ1) is 25.1. The van der Waals surface area contributed by atoms with Crippen LogP contribution in [-0.2, 0) is 22.6 Å². The first-order valence-electron chi connectivity index (χ1n) is 12.1. The normalized spacial score (nSPS) is 16.2. The Morgan fingerprint density at radius 3 is 2.71 bits per heavy atom. The third kappa shape index (κ3) is 4.85. The second-order valence-corrected chi connectivity index (χ2v) is 9.05. The Morgan fingerprint density at radius 1 is 1.08 bits per heavy atom. The number of anilines is 3. The summed E-state index contributed by atoms with van der Waals surface area (Å²) in [5, 5.41) is 32.4. The molecule has 0 bridgehead atoms. The molecule has 0 saturated heterocycles. The molecule has 1 aromatic carbocycles. The summed E-state index contributed by atoms with van der Waals surface area (Å²) in [7, 11) is 0. The Labute approximate surface area is 216 Å². The summed E-state index contributed by atoms with van der Waals surface area (Å²) < 4.78 is 16.8. The molecule has 196 valence electrons. The zero-order valence-electron chi connectivity index (χ0n) is 20.5. The predicted octanol–water partition coefficient (Wildman–Crippen LogP) is 2.91. The van der Waals surface area contributed by atoms with Crippen LogP contribution in [-0.4, -0.2) is 55.4 Å². The van der Waals surface area contributed by atoms with Gasteiger partial charge in [-0.2, -0.15) is 5.10 Å². The van der Waals surface area contributed by atoms with E-state index in [1.807, 2.05) is 19.1 Å². The first-order chi connectivity index (χ1) is 18.4. The van der Waals surface area contributed by atoms with Crippen LogP contribution in [0.3, 0.4) is 0 Å². The lowest BCUT2D eigenvalue weighted by atomic mass is 9.95. The van der Waals surface area contributed by atoms with Gasteiger partial charge in [-0.1, -0.05) is 0 Å². The molecule has 5 N–H and O–H groups in total. The number of halogens is 1. The molecule has 0 spiro atoms. The summed E-state index contributed by atoms with van der Waals surface area (Å²) in [4.78, 5) is 29.0. The number of aromatic nitrogens is 4. The second-order valence-electron chi connectivity index (χ2n) is 9.05. The SMILES string of the molecule is Cc1c(-c2cc3cc(Nc4cc5n(n4)CC(=O)NCC5)ncc3cc2F)cnc2c1NCC[C@H]2O.O=CO. The monoisotopic (exact) mass is 519 g/mol. The van der Waals surface area contributed by atoms with E-state index in [1.165, 1.54) is 6.07 Å². The zero-order chi connectivity index (χ0) is 26.8. The van der Waals surface area contributed by atoms with Crippen LogP contribution in [0.5, 0.6) is 0 Å². The molecule has 2 aliphatic rings. The number of pyridine rings is 2. The van der Waals surface area contributed by atoms with E-state index in [0.717, 1.165) is 22.3 Å². The standard InChI is InChI=1S/C25H24FN7O2.CH2O2/c1-13-18(11-30-25-20(34)3-5-28-24(13)25)17-6-14-8-21(29-10-15(14)7-19(17)26)31-22-9-16-2-4-27-23(35)12-33(16)32-22;2-1-3/h6-11,20,28,34H,2-5,12H2,1H3,(H,27,35)(H,29,31,32);1H,(H,2,3)/t20-;/m1./s1. The minimum absolute atomic E-state index is 0.0616. The van der Waals surface area contributed by atoms with Crippen molar-refractivity contribution in [2.45, 2.75) is 32.4 Å². The van der Waals surface area contributed by atoms with Gasteiger partial charge in [0.1, 0.15) is 18.2 Å². The molecule has 0 saturated carbocycles. The van der Waals surface area contributed by atoms with Gasteiger partial charge in [0.25, 0.3) is 6.47 Å². The van der Waals surface area contributed by atoms with Crippen molar-refractivity contribution in [3.05, 3.63) is 59.4 Å². The molecule has 3 aromatic heterocycles. The lowest BCUT2D eigenvalue weighted by Crippen LogP contribution is -2.25. The number of carboxylic acid groups (broad SMARTS) is 1. The zero-order valence-corrected chi connectivity index (χ0v) is 20.5. The number of hydrogen-bond acceptors (Lipinski definition) is 8. The molecule has 0 radical (unpaired) electrons. The number of aliphatic hydroxyl groups excluding tert-OH is 1. The molecule has 0 aliphatic carbocycles. The van der Waals surface area contributed by atoms with Gasteiger partial charge in [-0.25, -0.2) is 9.37 Å². The fourth-order valence-electron chi connectivity index (χ4n) is 4.79. The topological polar surface area (TPSA) is 154 Å². The molecule has 6 rings (SSSR count). The van der Waals surface area contributed by atoms with Gasteiger partial charge >= 0.3 is 0 Å².